The second-order valence-electron chi connectivity index (χ2n) is 8.67. The van der Waals surface area contributed by atoms with Crippen molar-refractivity contribution in [2.45, 2.75) is 50.9 Å². The van der Waals surface area contributed by atoms with E-state index < -0.39 is 5.79 Å². The Labute approximate surface area is 212 Å². The van der Waals surface area contributed by atoms with Crippen LogP contribution in [0.25, 0.3) is 22.2 Å². The van der Waals surface area contributed by atoms with Crippen molar-refractivity contribution in [2.75, 3.05) is 0 Å². The summed E-state index contributed by atoms with van der Waals surface area (Å²) in [5.41, 5.74) is 4.77. The van der Waals surface area contributed by atoms with Crippen molar-refractivity contribution >= 4 is 51.0 Å². The van der Waals surface area contributed by atoms with Crippen LogP contribution < -0.4 is 0 Å². The van der Waals surface area contributed by atoms with E-state index in [0.29, 0.717) is 23.5 Å². The molecule has 0 amide bonds. The molecule has 1 saturated carbocycles. The second kappa shape index (κ2) is 10.4. The molecule has 0 aliphatic heterocycles. The topological polar surface area (TPSA) is 89.0 Å². The third kappa shape index (κ3) is 6.11. The Balaban J connectivity index is 0.000000471. The Morgan fingerprint density at radius 2 is 1.94 bits per heavy atom. The highest BCUT2D eigenvalue weighted by atomic mass is 127. The minimum absolute atomic E-state index is 0.445. The van der Waals surface area contributed by atoms with E-state index in [1.54, 1.807) is 6.33 Å². The maximum Gasteiger partial charge on any atom is 0.156 e. The van der Waals surface area contributed by atoms with Crippen molar-refractivity contribution in [3.63, 3.8) is 0 Å². The number of aromatic nitrogens is 5. The minimum atomic E-state index is -1.50. The van der Waals surface area contributed by atoms with Gasteiger partial charge in [-0.2, -0.15) is 5.10 Å². The Morgan fingerprint density at radius 1 is 1.15 bits per heavy atom. The molecule has 3 aromatic heterocycles. The van der Waals surface area contributed by atoms with Crippen LogP contribution in [0, 0.1) is 0 Å². The largest absolute Gasteiger partial charge is 0.366 e. The van der Waals surface area contributed by atoms with Gasteiger partial charge in [-0.1, -0.05) is 35.9 Å². The van der Waals surface area contributed by atoms with Crippen LogP contribution in [-0.2, 0) is 0 Å². The van der Waals surface area contributed by atoms with Gasteiger partial charge in [0.05, 0.1) is 18.0 Å². The number of nitrogens with zero attached hydrogens (tertiary/aromatic N) is 5. The smallest absolute Gasteiger partial charge is 0.156 e. The lowest BCUT2D eigenvalue weighted by Crippen LogP contribution is -2.15. The van der Waals surface area contributed by atoms with Gasteiger partial charge >= 0.3 is 0 Å². The molecule has 4 aromatic rings. The van der Waals surface area contributed by atoms with Gasteiger partial charge in [-0.05, 0) is 78.3 Å². The monoisotopic (exact) mass is 597 g/mol. The molecule has 0 bridgehead atoms. The fourth-order valence-electron chi connectivity index (χ4n) is 4.24. The Bertz CT molecular complexity index is 1230. The summed E-state index contributed by atoms with van der Waals surface area (Å²) in [5, 5.41) is 22.0. The molecule has 7 nitrogen and oxygen atoms in total. The van der Waals surface area contributed by atoms with E-state index in [1.165, 1.54) is 37.0 Å². The Morgan fingerprint density at radius 3 is 2.67 bits per heavy atom. The number of halogens is 2. The number of aliphatic hydroxyl groups is 2. The zero-order chi connectivity index (χ0) is 23.6. The molecule has 33 heavy (non-hydrogen) atoms. The van der Waals surface area contributed by atoms with Crippen molar-refractivity contribution in [3.8, 4) is 11.1 Å². The van der Waals surface area contributed by atoms with E-state index in [1.807, 2.05) is 16.7 Å². The van der Waals surface area contributed by atoms with Crippen LogP contribution >= 0.6 is 40.0 Å². The molecule has 1 aromatic carbocycles. The van der Waals surface area contributed by atoms with Gasteiger partial charge in [0.2, 0.25) is 0 Å². The lowest BCUT2D eigenvalue weighted by atomic mass is 9.94. The van der Waals surface area contributed by atoms with Crippen LogP contribution in [-0.4, -0.2) is 40.1 Å². The minimum Gasteiger partial charge on any atom is -0.366 e. The molecular weight excluding hydrogens is 572 g/mol. The lowest BCUT2D eigenvalue weighted by molar-refractivity contribution is -0.127. The van der Waals surface area contributed by atoms with Gasteiger partial charge in [-0.25, -0.2) is 14.4 Å². The number of hydrogen-bond donors (Lipinski definition) is 2. The van der Waals surface area contributed by atoms with Crippen molar-refractivity contribution in [1.29, 1.82) is 0 Å². The van der Waals surface area contributed by atoms with Crippen LogP contribution in [0.5, 0.6) is 0 Å². The summed E-state index contributed by atoms with van der Waals surface area (Å²) in [5.74, 6) is -0.943. The molecule has 0 radical (unpaired) electrons. The number of hydrogen-bond acceptors (Lipinski definition) is 5. The van der Waals surface area contributed by atoms with E-state index in [4.69, 9.17) is 21.8 Å². The van der Waals surface area contributed by atoms with Crippen LogP contribution in [0.1, 0.15) is 50.6 Å². The summed E-state index contributed by atoms with van der Waals surface area (Å²) in [6.45, 7) is 2.60. The molecular formula is C23H26ClIN5O2P. The Hall–Kier alpha value is -1.58. The lowest BCUT2D eigenvalue weighted by Gasteiger charge is -2.15. The molecule has 3 unspecified atom stereocenters. The average molecular weight is 598 g/mol. The molecule has 174 valence electrons. The van der Waals surface area contributed by atoms with E-state index in [0.717, 1.165) is 23.9 Å². The molecule has 3 atom stereocenters. The predicted octanol–water partition coefficient (Wildman–Crippen LogP) is 5.96. The van der Waals surface area contributed by atoms with Crippen LogP contribution in [0.15, 0.2) is 55.2 Å². The summed E-state index contributed by atoms with van der Waals surface area (Å²) in [6, 6.07) is 11.4. The quantitative estimate of drug-likeness (QED) is 0.131. The van der Waals surface area contributed by atoms with E-state index in [-0.39, 0.29) is 0 Å². The van der Waals surface area contributed by atoms with Crippen molar-refractivity contribution in [3.05, 3.63) is 66.0 Å². The highest BCUT2D eigenvalue weighted by Gasteiger charge is 2.28. The van der Waals surface area contributed by atoms with Crippen molar-refractivity contribution in [1.82, 2.24) is 24.1 Å². The van der Waals surface area contributed by atoms with Crippen LogP contribution in [0.3, 0.4) is 0 Å². The first-order valence-electron chi connectivity index (χ1n) is 10.7. The van der Waals surface area contributed by atoms with Gasteiger partial charge in [-0.3, -0.25) is 0 Å². The van der Waals surface area contributed by atoms with Gasteiger partial charge in [-0.15, -0.1) is 0 Å². The van der Waals surface area contributed by atoms with Crippen LogP contribution in [0.4, 0.5) is 0 Å². The normalized spacial score (nSPS) is 18.7. The first-order valence-corrected chi connectivity index (χ1v) is 15.1. The fourth-order valence-corrected chi connectivity index (χ4v) is 5.51. The third-order valence-electron chi connectivity index (χ3n) is 5.62. The summed E-state index contributed by atoms with van der Waals surface area (Å²) in [6.07, 6.45) is 11.8. The van der Waals surface area contributed by atoms with Gasteiger partial charge in [0.15, 0.2) is 5.79 Å². The second-order valence-corrected chi connectivity index (χ2v) is 11.1. The number of fused-ring (bicyclic) bond motifs is 1. The molecule has 2 N–H and O–H groups in total. The summed E-state index contributed by atoms with van der Waals surface area (Å²) in [7, 11) is 0. The molecule has 0 saturated heterocycles. The molecule has 5 rings (SSSR count). The SMILES string of the molecule is CC(C)(O)O.Clc1ncnc2c1ccn2C1CCC(c2cccc(-c3cnn(PI)c3)c2)C1. The van der Waals surface area contributed by atoms with E-state index >= 15 is 0 Å². The number of benzene rings is 1. The first kappa shape index (κ1) is 24.5. The highest BCUT2D eigenvalue weighted by Crippen LogP contribution is 2.43. The maximum atomic E-state index is 8.08. The average Bonchev–Trinajstić information content (AvgIpc) is 3.51. The maximum absolute atomic E-state index is 8.08. The van der Waals surface area contributed by atoms with E-state index in [2.05, 4.69) is 78.3 Å². The third-order valence-corrected chi connectivity index (χ3v) is 7.82. The summed E-state index contributed by atoms with van der Waals surface area (Å²) in [4.78, 5) is 8.56. The Kier molecular flexibility index (Phi) is 7.70. The fraction of sp³-hybridized carbons (Fsp3) is 0.348. The molecule has 1 fully saturated rings. The summed E-state index contributed by atoms with van der Waals surface area (Å²) < 4.78 is 4.26. The zero-order valence-corrected chi connectivity index (χ0v) is 22.3. The summed E-state index contributed by atoms with van der Waals surface area (Å²) >= 11 is 8.57. The molecule has 10 heteroatoms. The molecule has 0 spiro atoms. The van der Waals surface area contributed by atoms with Crippen molar-refractivity contribution < 1.29 is 10.2 Å². The predicted molar refractivity (Wildman–Crippen MR) is 142 cm³/mol. The van der Waals surface area contributed by atoms with Crippen molar-refractivity contribution in [2.24, 2.45) is 0 Å². The number of rotatable bonds is 4. The zero-order valence-electron chi connectivity index (χ0n) is 18.4. The molecule has 1 aliphatic carbocycles. The van der Waals surface area contributed by atoms with Gasteiger partial charge < -0.3 is 14.8 Å². The highest BCUT2D eigenvalue weighted by molar-refractivity contribution is 14.2. The first-order chi connectivity index (χ1) is 15.7. The van der Waals surface area contributed by atoms with Crippen LogP contribution in [0.2, 0.25) is 5.15 Å². The van der Waals surface area contributed by atoms with E-state index in [9.17, 15) is 0 Å². The van der Waals surface area contributed by atoms with Gasteiger partial charge in [0.25, 0.3) is 0 Å². The van der Waals surface area contributed by atoms with Gasteiger partial charge in [0, 0.05) is 24.0 Å². The standard InChI is InChI=1S/C20H18ClIN5P.C3H8O2/c21-19-18-6-7-26(20(18)24-12-23-19)17-5-4-15(9-17)13-2-1-3-14(8-13)16-10-25-27(11-16)28-22;1-3(2,4)5/h1-3,6-8,10-12,15,17,28H,4-5,9H2;4-5H,1-2H3. The molecule has 1 aliphatic rings. The molecule has 3 heterocycles. The van der Waals surface area contributed by atoms with Gasteiger partial charge in [0.1, 0.15) is 17.1 Å².